The lowest BCUT2D eigenvalue weighted by Gasteiger charge is -2.46. The lowest BCUT2D eigenvalue weighted by molar-refractivity contribution is 0.0782. The number of hydrogen-bond acceptors (Lipinski definition) is 2. The van der Waals surface area contributed by atoms with Gasteiger partial charge >= 0.3 is 0 Å². The minimum absolute atomic E-state index is 0.303. The van der Waals surface area contributed by atoms with Crippen molar-refractivity contribution in [3.05, 3.63) is 35.9 Å². The summed E-state index contributed by atoms with van der Waals surface area (Å²) in [5.74, 6) is 0. The van der Waals surface area contributed by atoms with E-state index in [1.54, 1.807) is 0 Å². The number of nitrogens with one attached hydrogen (secondary N) is 1. The van der Waals surface area contributed by atoms with Gasteiger partial charge in [0.1, 0.15) is 0 Å². The average molecular weight is 288 g/mol. The first-order valence-corrected chi connectivity index (χ1v) is 8.70. The first-order valence-electron chi connectivity index (χ1n) is 8.70. The van der Waals surface area contributed by atoms with E-state index in [1.165, 1.54) is 50.8 Å². The van der Waals surface area contributed by atoms with Gasteiger partial charge in [-0.1, -0.05) is 50.6 Å². The molecule has 1 aliphatic rings. The fraction of sp³-hybridized carbons (Fsp3) is 0.684. The topological polar surface area (TPSA) is 15.3 Å². The van der Waals surface area contributed by atoms with Crippen LogP contribution in [0.1, 0.15) is 52.0 Å². The van der Waals surface area contributed by atoms with Gasteiger partial charge in [0.2, 0.25) is 0 Å². The van der Waals surface area contributed by atoms with E-state index in [4.69, 9.17) is 0 Å². The summed E-state index contributed by atoms with van der Waals surface area (Å²) < 4.78 is 0. The van der Waals surface area contributed by atoms with Crippen LogP contribution in [0.4, 0.5) is 0 Å². The molecule has 1 N–H and O–H groups in total. The SMILES string of the molecule is CCCC1CNC(C)(CC)CN1CCCc1ccccc1. The Morgan fingerprint density at radius 1 is 1.24 bits per heavy atom. The van der Waals surface area contributed by atoms with Crippen molar-refractivity contribution >= 4 is 0 Å². The smallest absolute Gasteiger partial charge is 0.0278 e. The molecular weight excluding hydrogens is 256 g/mol. The maximum absolute atomic E-state index is 3.78. The molecule has 0 amide bonds. The first-order chi connectivity index (χ1) is 10.2. The van der Waals surface area contributed by atoms with Gasteiger partial charge in [-0.15, -0.1) is 0 Å². The molecule has 0 aliphatic carbocycles. The summed E-state index contributed by atoms with van der Waals surface area (Å²) in [5.41, 5.74) is 1.77. The Morgan fingerprint density at radius 3 is 2.67 bits per heavy atom. The zero-order valence-electron chi connectivity index (χ0n) is 14.1. The molecule has 2 unspecified atom stereocenters. The summed E-state index contributed by atoms with van der Waals surface area (Å²) in [7, 11) is 0. The first kappa shape index (κ1) is 16.5. The third-order valence-corrected chi connectivity index (χ3v) is 4.99. The monoisotopic (exact) mass is 288 g/mol. The predicted octanol–water partition coefficient (Wildman–Crippen LogP) is 3.86. The van der Waals surface area contributed by atoms with E-state index >= 15 is 0 Å². The molecule has 2 nitrogen and oxygen atoms in total. The zero-order chi connectivity index (χ0) is 15.1. The van der Waals surface area contributed by atoms with Gasteiger partial charge in [-0.25, -0.2) is 0 Å². The highest BCUT2D eigenvalue weighted by atomic mass is 15.2. The number of piperazine rings is 1. The zero-order valence-corrected chi connectivity index (χ0v) is 14.1. The quantitative estimate of drug-likeness (QED) is 0.819. The molecule has 1 heterocycles. The van der Waals surface area contributed by atoms with Crippen molar-refractivity contribution in [3.63, 3.8) is 0 Å². The molecular formula is C19H32N2. The molecule has 1 fully saturated rings. The molecule has 2 atom stereocenters. The van der Waals surface area contributed by atoms with E-state index in [0.717, 1.165) is 12.6 Å². The molecule has 1 aromatic carbocycles. The minimum atomic E-state index is 0.303. The van der Waals surface area contributed by atoms with Crippen molar-refractivity contribution in [1.29, 1.82) is 0 Å². The predicted molar refractivity (Wildman–Crippen MR) is 91.7 cm³/mol. The second-order valence-corrected chi connectivity index (χ2v) is 6.80. The Balaban J connectivity index is 1.87. The second-order valence-electron chi connectivity index (χ2n) is 6.80. The van der Waals surface area contributed by atoms with Gasteiger partial charge in [-0.2, -0.15) is 0 Å². The van der Waals surface area contributed by atoms with E-state index in [0.29, 0.717) is 5.54 Å². The van der Waals surface area contributed by atoms with Crippen molar-refractivity contribution in [2.45, 2.75) is 64.5 Å². The Kier molecular flexibility index (Phi) is 6.25. The van der Waals surface area contributed by atoms with Crippen LogP contribution in [0.25, 0.3) is 0 Å². The maximum atomic E-state index is 3.78. The summed E-state index contributed by atoms with van der Waals surface area (Å²) >= 11 is 0. The average Bonchev–Trinajstić information content (AvgIpc) is 2.51. The fourth-order valence-corrected chi connectivity index (χ4v) is 3.37. The summed E-state index contributed by atoms with van der Waals surface area (Å²) in [6.45, 7) is 10.6. The molecule has 2 rings (SSSR count). The van der Waals surface area contributed by atoms with Crippen molar-refractivity contribution in [1.82, 2.24) is 10.2 Å². The van der Waals surface area contributed by atoms with Gasteiger partial charge in [0.15, 0.2) is 0 Å². The number of rotatable bonds is 7. The van der Waals surface area contributed by atoms with Crippen LogP contribution in [0, 0.1) is 0 Å². The Morgan fingerprint density at radius 2 is 2.00 bits per heavy atom. The standard InChI is InChI=1S/C19H32N2/c1-4-10-18-15-20-19(3,5-2)16-21(18)14-9-13-17-11-7-6-8-12-17/h6-8,11-12,18,20H,4-5,9-10,13-16H2,1-3H3. The summed E-state index contributed by atoms with van der Waals surface area (Å²) in [6, 6.07) is 11.6. The van der Waals surface area contributed by atoms with E-state index < -0.39 is 0 Å². The van der Waals surface area contributed by atoms with E-state index in [-0.39, 0.29) is 0 Å². The van der Waals surface area contributed by atoms with Crippen molar-refractivity contribution in [3.8, 4) is 0 Å². The second kappa shape index (κ2) is 7.95. The Labute approximate surface area is 130 Å². The lowest BCUT2D eigenvalue weighted by atomic mass is 9.92. The normalized spacial score (nSPS) is 26.9. The molecule has 0 spiro atoms. The highest BCUT2D eigenvalue weighted by Gasteiger charge is 2.33. The van der Waals surface area contributed by atoms with Crippen molar-refractivity contribution in [2.24, 2.45) is 0 Å². The molecule has 0 saturated carbocycles. The number of hydrogen-bond donors (Lipinski definition) is 1. The number of benzene rings is 1. The van der Waals surface area contributed by atoms with Crippen LogP contribution in [0.3, 0.4) is 0 Å². The summed E-state index contributed by atoms with van der Waals surface area (Å²) in [4.78, 5) is 2.74. The van der Waals surface area contributed by atoms with Crippen LogP contribution in [0.2, 0.25) is 0 Å². The molecule has 0 bridgehead atoms. The van der Waals surface area contributed by atoms with Gasteiger partial charge < -0.3 is 5.32 Å². The summed E-state index contributed by atoms with van der Waals surface area (Å²) in [6.07, 6.45) is 6.28. The van der Waals surface area contributed by atoms with E-state index in [9.17, 15) is 0 Å². The molecule has 1 aromatic rings. The van der Waals surface area contributed by atoms with Gasteiger partial charge in [0.05, 0.1) is 0 Å². The lowest BCUT2D eigenvalue weighted by Crippen LogP contribution is -2.62. The van der Waals surface area contributed by atoms with Crippen LogP contribution < -0.4 is 5.32 Å². The summed E-state index contributed by atoms with van der Waals surface area (Å²) in [5, 5.41) is 3.78. The maximum Gasteiger partial charge on any atom is 0.0278 e. The minimum Gasteiger partial charge on any atom is -0.309 e. The molecule has 0 radical (unpaired) electrons. The molecule has 21 heavy (non-hydrogen) atoms. The molecule has 118 valence electrons. The highest BCUT2D eigenvalue weighted by molar-refractivity contribution is 5.14. The Bertz CT molecular complexity index is 403. The fourth-order valence-electron chi connectivity index (χ4n) is 3.37. The van der Waals surface area contributed by atoms with Crippen molar-refractivity contribution < 1.29 is 0 Å². The van der Waals surface area contributed by atoms with Crippen LogP contribution in [-0.2, 0) is 6.42 Å². The highest BCUT2D eigenvalue weighted by Crippen LogP contribution is 2.21. The molecule has 1 aliphatic heterocycles. The third kappa shape index (κ3) is 4.82. The van der Waals surface area contributed by atoms with Gasteiger partial charge in [-0.3, -0.25) is 4.90 Å². The van der Waals surface area contributed by atoms with Gasteiger partial charge in [0.25, 0.3) is 0 Å². The van der Waals surface area contributed by atoms with E-state index in [1.807, 2.05) is 0 Å². The third-order valence-electron chi connectivity index (χ3n) is 4.99. The largest absolute Gasteiger partial charge is 0.309 e. The molecule has 0 aromatic heterocycles. The number of nitrogens with zero attached hydrogens (tertiary/aromatic N) is 1. The Hall–Kier alpha value is -0.860. The number of aryl methyl sites for hydroxylation is 1. The van der Waals surface area contributed by atoms with Crippen molar-refractivity contribution in [2.75, 3.05) is 19.6 Å². The van der Waals surface area contributed by atoms with E-state index in [2.05, 4.69) is 61.3 Å². The van der Waals surface area contributed by atoms with Crippen LogP contribution in [-0.4, -0.2) is 36.1 Å². The van der Waals surface area contributed by atoms with Crippen LogP contribution in [0.15, 0.2) is 30.3 Å². The van der Waals surface area contributed by atoms with Crippen LogP contribution in [0.5, 0.6) is 0 Å². The molecule has 2 heteroatoms. The van der Waals surface area contributed by atoms with Gasteiger partial charge in [-0.05, 0) is 44.7 Å². The van der Waals surface area contributed by atoms with Gasteiger partial charge in [0, 0.05) is 24.7 Å². The van der Waals surface area contributed by atoms with Crippen LogP contribution >= 0.6 is 0 Å². The molecule has 1 saturated heterocycles.